The Hall–Kier alpha value is -6.08. The van der Waals surface area contributed by atoms with E-state index in [1.165, 1.54) is 18.9 Å². The van der Waals surface area contributed by atoms with Gasteiger partial charge in [-0.05, 0) is 38.9 Å². The van der Waals surface area contributed by atoms with Crippen molar-refractivity contribution in [3.8, 4) is 0 Å². The summed E-state index contributed by atoms with van der Waals surface area (Å²) in [6.07, 6.45) is -8.17. The van der Waals surface area contributed by atoms with E-state index in [9.17, 15) is 4.79 Å². The average Bonchev–Trinajstić information content (AvgIpc) is 4.15. The predicted octanol–water partition coefficient (Wildman–Crippen LogP) is 10.4. The molecule has 0 bridgehead atoms. The topological polar surface area (TPSA) is 131 Å². The minimum absolute atomic E-state index is 0.0835. The third kappa shape index (κ3) is 15.2. The quantitative estimate of drug-likeness (QED) is 0.0516. The van der Waals surface area contributed by atoms with E-state index in [-0.39, 0.29) is 46.2 Å². The molecule has 11 atom stereocenters. The Morgan fingerprint density at radius 1 is 0.443 bits per heavy atom. The van der Waals surface area contributed by atoms with Crippen molar-refractivity contribution in [2.45, 2.75) is 112 Å². The Morgan fingerprint density at radius 3 is 1.23 bits per heavy atom. The number of thioether (sulfide) groups is 1. The van der Waals surface area contributed by atoms with Gasteiger partial charge < -0.3 is 52.1 Å². The van der Waals surface area contributed by atoms with Crippen molar-refractivity contribution in [3.63, 3.8) is 0 Å². The summed E-state index contributed by atoms with van der Waals surface area (Å²) in [5.41, 5.74) is 6.74. The van der Waals surface area contributed by atoms with Gasteiger partial charge in [0.15, 0.2) is 12.6 Å². The van der Waals surface area contributed by atoms with Gasteiger partial charge in [-0.1, -0.05) is 212 Å². The number of ether oxygens (including phenoxy) is 11. The second-order valence-electron chi connectivity index (χ2n) is 19.8. The molecule has 0 amide bonds. The maximum absolute atomic E-state index is 13.7. The zero-order valence-corrected chi connectivity index (χ0v) is 45.2. The van der Waals surface area contributed by atoms with Crippen molar-refractivity contribution >= 4 is 17.7 Å². The van der Waals surface area contributed by atoms with Crippen molar-refractivity contribution in [3.05, 3.63) is 251 Å². The number of carbonyl (C=O) groups excluding carboxylic acids is 1. The summed E-state index contributed by atoms with van der Waals surface area (Å²) >= 11 is 1.52. The van der Waals surface area contributed by atoms with Gasteiger partial charge in [-0.15, -0.1) is 11.8 Å². The summed E-state index contributed by atoms with van der Waals surface area (Å²) in [7, 11) is 1.39. The number of methoxy groups -OCH3 is 1. The fourth-order valence-corrected chi connectivity index (χ4v) is 11.8. The number of rotatable bonds is 26. The van der Waals surface area contributed by atoms with E-state index in [0.717, 1.165) is 38.9 Å². The average molecular weight is 1090 g/mol. The van der Waals surface area contributed by atoms with Crippen LogP contribution in [0.1, 0.15) is 38.9 Å². The molecule has 3 aliphatic rings. The van der Waals surface area contributed by atoms with Crippen LogP contribution < -0.4 is 5.32 Å². The molecular weight excluding hydrogens is 1020 g/mol. The van der Waals surface area contributed by atoms with E-state index >= 15 is 0 Å². The number of nitrogens with one attached hydrogen (secondary N) is 1. The molecular formula is C65H69NO12S. The monoisotopic (exact) mass is 1090 g/mol. The van der Waals surface area contributed by atoms with Gasteiger partial charge in [0.1, 0.15) is 53.6 Å². The van der Waals surface area contributed by atoms with Crippen LogP contribution in [0.2, 0.25) is 0 Å². The Labute approximate surface area is 467 Å². The number of esters is 1. The fraction of sp³-hybridized carbons (Fsp3) is 0.338. The molecule has 0 aliphatic carbocycles. The molecule has 3 aliphatic heterocycles. The first-order valence-corrected chi connectivity index (χ1v) is 28.0. The fourth-order valence-electron chi connectivity index (χ4n) is 10.2. The highest BCUT2D eigenvalue weighted by atomic mass is 32.2. The van der Waals surface area contributed by atoms with Gasteiger partial charge >= 0.3 is 5.97 Å². The Balaban J connectivity index is 1.06. The maximum Gasteiger partial charge on any atom is 0.323 e. The van der Waals surface area contributed by atoms with Gasteiger partial charge in [-0.3, -0.25) is 10.1 Å². The van der Waals surface area contributed by atoms with Crippen molar-refractivity contribution < 1.29 is 56.9 Å². The Bertz CT molecular complexity index is 2850. The largest absolute Gasteiger partial charge is 0.468 e. The summed E-state index contributed by atoms with van der Waals surface area (Å²) in [6, 6.07) is 69.1. The first-order chi connectivity index (χ1) is 39.0. The molecule has 3 fully saturated rings. The van der Waals surface area contributed by atoms with Crippen LogP contribution >= 0.6 is 11.8 Å². The second kappa shape index (κ2) is 28.9. The number of benzene rings is 7. The summed E-state index contributed by atoms with van der Waals surface area (Å²) < 4.78 is 76.1. The highest BCUT2D eigenvalue weighted by Gasteiger charge is 2.64. The summed E-state index contributed by atoms with van der Waals surface area (Å²) in [5, 5.41) is 3.72. The van der Waals surface area contributed by atoms with Crippen LogP contribution in [-0.2, 0) is 103 Å². The minimum Gasteiger partial charge on any atom is -0.468 e. The number of hydrogen-bond donors (Lipinski definition) is 1. The lowest BCUT2D eigenvalue weighted by Gasteiger charge is -2.53. The highest BCUT2D eigenvalue weighted by molar-refractivity contribution is 8.01. The summed E-state index contributed by atoms with van der Waals surface area (Å²) in [5.74, 6) is -0.0793. The molecule has 0 radical (unpaired) electrons. The third-order valence-electron chi connectivity index (χ3n) is 14.2. The van der Waals surface area contributed by atoms with Crippen molar-refractivity contribution in [1.82, 2.24) is 5.32 Å². The lowest BCUT2D eigenvalue weighted by Crippen LogP contribution is -2.73. The van der Waals surface area contributed by atoms with E-state index in [1.807, 2.05) is 212 Å². The molecule has 0 saturated carbocycles. The van der Waals surface area contributed by atoms with E-state index in [2.05, 4.69) is 5.32 Å². The molecule has 0 unspecified atom stereocenters. The lowest BCUT2D eigenvalue weighted by atomic mass is 9.93. The third-order valence-corrected chi connectivity index (χ3v) is 15.7. The van der Waals surface area contributed by atoms with Crippen molar-refractivity contribution in [2.24, 2.45) is 0 Å². The molecule has 3 heterocycles. The molecule has 7 aromatic rings. The van der Waals surface area contributed by atoms with Crippen LogP contribution in [0.4, 0.5) is 0 Å². The van der Waals surface area contributed by atoms with E-state index in [1.54, 1.807) is 0 Å². The standard InChI is InChI=1S/C65H69NO12S/c1-68-62(67)54-46-79-65(66-54)60(74-42-52-33-19-7-20-34-52)56(45-70-38-48-25-11-3-12-26-48)77-64(61(65)75-43-53-35-21-8-22-36-53)78-63-59(73-41-51-31-17-6-18-32-51)58(72-40-50-29-15-5-16-30-50)57(71-39-49-27-13-4-14-28-49)55(76-63)44-69-37-47-23-9-2-10-24-47/h2-36,54-61,63-64,66H,37-46H2,1H3/t54-,55-,56-,57-,58+,59+,60+,61+,63-,64+,65-/m1/s1. The highest BCUT2D eigenvalue weighted by Crippen LogP contribution is 2.48. The van der Waals surface area contributed by atoms with Gasteiger partial charge in [0.2, 0.25) is 0 Å². The van der Waals surface area contributed by atoms with Gasteiger partial charge in [0.25, 0.3) is 0 Å². The molecule has 412 valence electrons. The Morgan fingerprint density at radius 2 is 0.797 bits per heavy atom. The van der Waals surface area contributed by atoms with Gasteiger partial charge in [-0.25, -0.2) is 0 Å². The van der Waals surface area contributed by atoms with Crippen LogP contribution in [0.25, 0.3) is 0 Å². The smallest absolute Gasteiger partial charge is 0.323 e. The maximum atomic E-state index is 13.7. The zero-order valence-electron chi connectivity index (χ0n) is 44.4. The molecule has 0 aromatic heterocycles. The Kier molecular flexibility index (Phi) is 20.5. The number of hydrogen-bond acceptors (Lipinski definition) is 14. The van der Waals surface area contributed by atoms with Crippen LogP contribution in [0.5, 0.6) is 0 Å². The van der Waals surface area contributed by atoms with Crippen LogP contribution in [0.3, 0.4) is 0 Å². The van der Waals surface area contributed by atoms with E-state index < -0.39 is 72.2 Å². The molecule has 79 heavy (non-hydrogen) atoms. The molecule has 3 saturated heterocycles. The first-order valence-electron chi connectivity index (χ1n) is 27.0. The van der Waals surface area contributed by atoms with E-state index in [4.69, 9.17) is 52.1 Å². The lowest BCUT2D eigenvalue weighted by molar-refractivity contribution is -0.387. The van der Waals surface area contributed by atoms with Crippen molar-refractivity contribution in [2.75, 3.05) is 26.1 Å². The molecule has 13 nitrogen and oxygen atoms in total. The molecule has 10 rings (SSSR count). The second-order valence-corrected chi connectivity index (χ2v) is 21.1. The summed E-state index contributed by atoms with van der Waals surface area (Å²) in [6.45, 7) is 1.89. The van der Waals surface area contributed by atoms with Gasteiger partial charge in [0.05, 0.1) is 66.6 Å². The number of carbonyl (C=O) groups is 1. The van der Waals surface area contributed by atoms with E-state index in [0.29, 0.717) is 19.0 Å². The molecule has 7 aromatic carbocycles. The zero-order chi connectivity index (χ0) is 53.9. The first kappa shape index (κ1) is 56.2. The van der Waals surface area contributed by atoms with Gasteiger partial charge in [0, 0.05) is 5.75 Å². The SMILES string of the molecule is COC(=O)[C@H]1CS[C@@]2(N1)[C@@H](OCc1ccccc1)[C@H](O[C@H]1O[C@H](COCc3ccccc3)[C@@H](OCc3ccccc3)[C@H](OCc3ccccc3)[C@@H]1OCc1ccccc1)O[C@H](COCc1ccccc1)[C@@H]2OCc1ccccc1. The molecule has 1 spiro atoms. The van der Waals surface area contributed by atoms with Crippen LogP contribution in [0.15, 0.2) is 212 Å². The molecule has 14 heteroatoms. The van der Waals surface area contributed by atoms with Crippen LogP contribution in [0, 0.1) is 0 Å². The van der Waals surface area contributed by atoms with Crippen LogP contribution in [-0.4, -0.2) is 98.3 Å². The van der Waals surface area contributed by atoms with Crippen molar-refractivity contribution in [1.29, 1.82) is 0 Å². The molecule has 1 N–H and O–H groups in total. The minimum atomic E-state index is -1.21. The normalized spacial score (nSPS) is 25.7. The summed E-state index contributed by atoms with van der Waals surface area (Å²) in [4.78, 5) is 12.5. The van der Waals surface area contributed by atoms with Gasteiger partial charge in [-0.2, -0.15) is 0 Å². The predicted molar refractivity (Wildman–Crippen MR) is 300 cm³/mol.